The van der Waals surface area contributed by atoms with Gasteiger partial charge in [-0.05, 0) is 47.0 Å². The molecule has 4 amide bonds. The summed E-state index contributed by atoms with van der Waals surface area (Å²) in [5.74, 6) is -0.00165. The van der Waals surface area contributed by atoms with Crippen LogP contribution in [0.5, 0.6) is 5.75 Å². The molecule has 0 bridgehead atoms. The average Bonchev–Trinajstić information content (AvgIpc) is 3.63. The van der Waals surface area contributed by atoms with Crippen LogP contribution in [0.2, 0.25) is 0 Å². The van der Waals surface area contributed by atoms with Gasteiger partial charge in [0.1, 0.15) is 24.5 Å². The average molecular weight is 718 g/mol. The number of thiazole rings is 1. The molecule has 0 spiro atoms. The van der Waals surface area contributed by atoms with Crippen molar-refractivity contribution in [1.82, 2.24) is 30.1 Å². The summed E-state index contributed by atoms with van der Waals surface area (Å²) in [5, 5.41) is 15.7. The number of urea groups is 1. The van der Waals surface area contributed by atoms with Gasteiger partial charge in [-0.25, -0.2) is 23.2 Å². The molecule has 2 aliphatic rings. The van der Waals surface area contributed by atoms with Crippen LogP contribution in [0.3, 0.4) is 0 Å². The third-order valence-electron chi connectivity index (χ3n) is 8.50. The quantitative estimate of drug-likeness (QED) is 0.194. The van der Waals surface area contributed by atoms with E-state index in [1.54, 1.807) is 53.4 Å². The number of nitrogens with zero attached hydrogens (tertiary/aromatic N) is 6. The zero-order valence-electron chi connectivity index (χ0n) is 27.3. The summed E-state index contributed by atoms with van der Waals surface area (Å²) in [7, 11) is -1.93. The molecule has 2 aliphatic heterocycles. The molecule has 3 aromatic carbocycles. The minimum absolute atomic E-state index is 0.0575. The molecule has 2 saturated heterocycles. The number of para-hydroxylation sites is 1. The largest absolute Gasteiger partial charge is 0.497 e. The van der Waals surface area contributed by atoms with Crippen molar-refractivity contribution in [2.24, 2.45) is 0 Å². The lowest BCUT2D eigenvalue weighted by molar-refractivity contribution is -0.157. The van der Waals surface area contributed by atoms with Crippen molar-refractivity contribution in [1.29, 1.82) is 5.26 Å². The topological polar surface area (TPSA) is 194 Å². The van der Waals surface area contributed by atoms with Gasteiger partial charge in [0, 0.05) is 25.2 Å². The molecule has 6 rings (SSSR count). The fraction of sp³-hybridized carbons (Fsp3) is 0.303. The Morgan fingerprint density at radius 3 is 2.52 bits per heavy atom. The van der Waals surface area contributed by atoms with E-state index in [0.717, 1.165) is 22.1 Å². The highest BCUT2D eigenvalue weighted by Crippen LogP contribution is 2.32. The number of anilines is 2. The number of sulfonamides is 1. The van der Waals surface area contributed by atoms with Crippen LogP contribution in [-0.2, 0) is 39.1 Å². The van der Waals surface area contributed by atoms with Crippen LogP contribution >= 0.6 is 11.3 Å². The Morgan fingerprint density at radius 1 is 1.12 bits per heavy atom. The predicted molar refractivity (Wildman–Crippen MR) is 187 cm³/mol. The number of nitrogens with two attached hydrogens (primary N) is 1. The van der Waals surface area contributed by atoms with Gasteiger partial charge < -0.3 is 25.6 Å². The standard InChI is InChI=1S/C33H35N9O6S2/c1-48-25-12-8-22(9-13-25)17-36-33(45)40(15-14-34)41-20-29(43)42-26(16-21-6-10-24(11-7-21)38-50(2,46)47)31(44)39(19-28(41)42)18-23-4-3-5-27-30(23)37-32(35)49-27/h3-13,26,28,38H,15-20H2,1-2H3,(H2,35,37)(H,36,45)/t26-,28+/m0/s1. The van der Waals surface area contributed by atoms with Gasteiger partial charge in [-0.3, -0.25) is 14.3 Å². The number of hydrogen-bond donors (Lipinski definition) is 3. The van der Waals surface area contributed by atoms with Crippen molar-refractivity contribution in [2.75, 3.05) is 43.5 Å². The van der Waals surface area contributed by atoms with Crippen LogP contribution in [-0.4, -0.2) is 96.3 Å². The summed E-state index contributed by atoms with van der Waals surface area (Å²) < 4.78 is 31.9. The molecule has 15 nitrogen and oxygen atoms in total. The number of piperazine rings is 1. The third-order valence-corrected chi connectivity index (χ3v) is 9.96. The lowest BCUT2D eigenvalue weighted by Crippen LogP contribution is -2.66. The number of benzene rings is 3. The smallest absolute Gasteiger partial charge is 0.333 e. The van der Waals surface area contributed by atoms with Crippen LogP contribution in [0, 0.1) is 11.3 Å². The predicted octanol–water partition coefficient (Wildman–Crippen LogP) is 2.33. The molecule has 2 fully saturated rings. The monoisotopic (exact) mass is 717 g/mol. The van der Waals surface area contributed by atoms with E-state index in [4.69, 9.17) is 10.5 Å². The van der Waals surface area contributed by atoms with Crippen LogP contribution in [0.15, 0.2) is 66.7 Å². The second-order valence-electron chi connectivity index (χ2n) is 11.9. The number of hydrazine groups is 1. The Labute approximate surface area is 292 Å². The van der Waals surface area contributed by atoms with E-state index in [-0.39, 0.29) is 51.0 Å². The molecule has 260 valence electrons. The number of fused-ring (bicyclic) bond motifs is 2. The van der Waals surface area contributed by atoms with Gasteiger partial charge in [-0.15, -0.1) is 0 Å². The summed E-state index contributed by atoms with van der Waals surface area (Å²) in [6.45, 7) is -0.172. The molecule has 0 unspecified atom stereocenters. The molecule has 3 heterocycles. The zero-order valence-corrected chi connectivity index (χ0v) is 28.9. The Morgan fingerprint density at radius 2 is 1.84 bits per heavy atom. The molecule has 0 saturated carbocycles. The SMILES string of the molecule is COc1ccc(CNC(=O)N(CC#N)N2CC(=O)N3[C@@H](Cc4ccc(NS(C)(=O)=O)cc4)C(=O)N(Cc4cccc5sc(N)nc45)C[C@@H]32)cc1. The number of ether oxygens (including phenoxy) is 1. The van der Waals surface area contributed by atoms with Crippen LogP contribution in [0.25, 0.3) is 10.2 Å². The number of carbonyl (C=O) groups is 3. The molecule has 4 aromatic rings. The highest BCUT2D eigenvalue weighted by atomic mass is 32.2. The van der Waals surface area contributed by atoms with Gasteiger partial charge in [-0.2, -0.15) is 10.3 Å². The van der Waals surface area contributed by atoms with Crippen molar-refractivity contribution in [2.45, 2.75) is 31.7 Å². The summed E-state index contributed by atoms with van der Waals surface area (Å²) in [5.41, 5.74) is 9.31. The number of nitrogens with one attached hydrogen (secondary N) is 2. The summed E-state index contributed by atoms with van der Waals surface area (Å²) >= 11 is 1.34. The number of aromatic nitrogens is 1. The van der Waals surface area contributed by atoms with Crippen molar-refractivity contribution in [3.8, 4) is 11.8 Å². The number of methoxy groups -OCH3 is 1. The molecule has 2 atom stereocenters. The highest BCUT2D eigenvalue weighted by Gasteiger charge is 2.52. The lowest BCUT2D eigenvalue weighted by Gasteiger charge is -2.46. The van der Waals surface area contributed by atoms with Gasteiger partial charge in [0.2, 0.25) is 21.8 Å². The Hall–Kier alpha value is -5.44. The van der Waals surface area contributed by atoms with Gasteiger partial charge in [-0.1, -0.05) is 47.7 Å². The van der Waals surface area contributed by atoms with Gasteiger partial charge in [0.15, 0.2) is 5.13 Å². The second kappa shape index (κ2) is 14.2. The molecule has 17 heteroatoms. The number of hydrogen-bond acceptors (Lipinski definition) is 11. The van der Waals surface area contributed by atoms with Gasteiger partial charge in [0.25, 0.3) is 0 Å². The van der Waals surface area contributed by atoms with Gasteiger partial charge >= 0.3 is 6.03 Å². The van der Waals surface area contributed by atoms with Crippen molar-refractivity contribution in [3.05, 3.63) is 83.4 Å². The Kier molecular flexibility index (Phi) is 9.77. The van der Waals surface area contributed by atoms with E-state index >= 15 is 0 Å². The number of carbonyl (C=O) groups excluding carboxylic acids is 3. The molecule has 0 radical (unpaired) electrons. The molecule has 50 heavy (non-hydrogen) atoms. The van der Waals surface area contributed by atoms with Crippen molar-refractivity contribution in [3.63, 3.8) is 0 Å². The highest BCUT2D eigenvalue weighted by molar-refractivity contribution is 7.92. The summed E-state index contributed by atoms with van der Waals surface area (Å²) in [6.07, 6.45) is 0.410. The number of rotatable bonds is 11. The van der Waals surface area contributed by atoms with Crippen molar-refractivity contribution >= 4 is 60.2 Å². The molecular weight excluding hydrogens is 683 g/mol. The maximum Gasteiger partial charge on any atom is 0.333 e. The van der Waals surface area contributed by atoms with Crippen LogP contribution < -0.4 is 20.5 Å². The van der Waals surface area contributed by atoms with Crippen LogP contribution in [0.1, 0.15) is 16.7 Å². The normalized spacial score (nSPS) is 17.8. The van der Waals surface area contributed by atoms with E-state index in [1.165, 1.54) is 21.2 Å². The van der Waals surface area contributed by atoms with E-state index in [0.29, 0.717) is 27.6 Å². The van der Waals surface area contributed by atoms with E-state index in [9.17, 15) is 28.1 Å². The third kappa shape index (κ3) is 7.42. The first kappa shape index (κ1) is 34.4. The maximum atomic E-state index is 14.3. The zero-order chi connectivity index (χ0) is 35.6. The first-order chi connectivity index (χ1) is 23.9. The minimum atomic E-state index is -3.49. The summed E-state index contributed by atoms with van der Waals surface area (Å²) in [4.78, 5) is 49.3. The molecule has 4 N–H and O–H groups in total. The van der Waals surface area contributed by atoms with E-state index in [1.807, 2.05) is 36.4 Å². The first-order valence-corrected chi connectivity index (χ1v) is 18.3. The molecule has 0 aliphatic carbocycles. The Balaban J connectivity index is 1.30. The van der Waals surface area contributed by atoms with Gasteiger partial charge in [0.05, 0.1) is 42.7 Å². The second-order valence-corrected chi connectivity index (χ2v) is 14.7. The fourth-order valence-corrected chi connectivity index (χ4v) is 7.60. The van der Waals surface area contributed by atoms with E-state index in [2.05, 4.69) is 15.0 Å². The van der Waals surface area contributed by atoms with Crippen molar-refractivity contribution < 1.29 is 27.5 Å². The first-order valence-electron chi connectivity index (χ1n) is 15.6. The number of amides is 4. The van der Waals surface area contributed by atoms with E-state index < -0.39 is 28.3 Å². The number of nitrogen functional groups attached to an aromatic ring is 1. The Bertz CT molecular complexity index is 2070. The molecular formula is C33H35N9O6S2. The molecule has 1 aromatic heterocycles. The van der Waals surface area contributed by atoms with Crippen LogP contribution in [0.4, 0.5) is 15.6 Å². The number of nitriles is 1. The lowest BCUT2D eigenvalue weighted by atomic mass is 9.99. The minimum Gasteiger partial charge on any atom is -0.497 e. The summed E-state index contributed by atoms with van der Waals surface area (Å²) in [6, 6.07) is 19.9. The maximum absolute atomic E-state index is 14.3. The fourth-order valence-electron chi connectivity index (χ4n) is 6.25.